The monoisotopic (exact) mass is 500 g/mol. The molecule has 0 aromatic rings. The van der Waals surface area contributed by atoms with Crippen molar-refractivity contribution in [2.45, 2.75) is 76.1 Å². The van der Waals surface area contributed by atoms with E-state index in [-0.39, 0.29) is 48.3 Å². The first-order valence-electron chi connectivity index (χ1n) is 11.6. The number of hydrogen-bond donors (Lipinski definition) is 1. The van der Waals surface area contributed by atoms with E-state index >= 15 is 4.39 Å². The van der Waals surface area contributed by atoms with Crippen LogP contribution in [0.3, 0.4) is 0 Å². The highest BCUT2D eigenvalue weighted by Crippen LogP contribution is 2.72. The fourth-order valence-electron chi connectivity index (χ4n) is 7.74. The van der Waals surface area contributed by atoms with E-state index in [1.54, 1.807) is 19.9 Å². The molecule has 3 saturated carbocycles. The molecule has 5 nitrogen and oxygen atoms in total. The van der Waals surface area contributed by atoms with Gasteiger partial charge in [0, 0.05) is 23.2 Å². The molecule has 0 aromatic carbocycles. The third-order valence-corrected chi connectivity index (χ3v) is 10.4. The van der Waals surface area contributed by atoms with E-state index in [1.165, 1.54) is 12.2 Å². The third-order valence-electron chi connectivity index (χ3n) is 9.27. The zero-order chi connectivity index (χ0) is 24.6. The second-order valence-corrected chi connectivity index (χ2v) is 11.5. The van der Waals surface area contributed by atoms with Gasteiger partial charge in [0.25, 0.3) is 0 Å². The molecule has 0 aromatic heterocycles. The Morgan fingerprint density at radius 2 is 1.94 bits per heavy atom. The lowest BCUT2D eigenvalue weighted by Gasteiger charge is -2.64. The summed E-state index contributed by atoms with van der Waals surface area (Å²) in [6.45, 7) is 7.11. The highest BCUT2D eigenvalue weighted by molar-refractivity contribution is 6.29. The minimum Gasteiger partial charge on any atom is -0.450 e. The number of allylic oxidation sites excluding steroid dienone is 4. The number of carbonyl (C=O) groups is 3. The molecule has 0 amide bonds. The van der Waals surface area contributed by atoms with E-state index in [1.807, 2.05) is 13.8 Å². The average Bonchev–Trinajstić information content (AvgIpc) is 2.98. The van der Waals surface area contributed by atoms with Gasteiger partial charge in [0.05, 0.1) is 16.9 Å². The van der Waals surface area contributed by atoms with E-state index < -0.39 is 51.3 Å². The summed E-state index contributed by atoms with van der Waals surface area (Å²) in [5.41, 5.74) is -3.28. The van der Waals surface area contributed by atoms with Gasteiger partial charge in [0.15, 0.2) is 17.2 Å². The van der Waals surface area contributed by atoms with Gasteiger partial charge in [-0.15, -0.1) is 23.2 Å². The van der Waals surface area contributed by atoms with Gasteiger partial charge in [-0.3, -0.25) is 14.4 Å². The summed E-state index contributed by atoms with van der Waals surface area (Å²) in [5.74, 6) is -2.75. The molecule has 182 valence electrons. The van der Waals surface area contributed by atoms with Crippen LogP contribution in [0, 0.1) is 28.6 Å². The Balaban J connectivity index is 1.88. The number of carbonyl (C=O) groups excluding carboxylic acids is 3. The number of rotatable bonds is 4. The van der Waals surface area contributed by atoms with Crippen molar-refractivity contribution in [3.8, 4) is 0 Å². The van der Waals surface area contributed by atoms with Crippen LogP contribution in [0.2, 0.25) is 0 Å². The molecule has 1 N–H and O–H groups in total. The molecule has 1 unspecified atom stereocenters. The van der Waals surface area contributed by atoms with Gasteiger partial charge in [-0.05, 0) is 48.8 Å². The van der Waals surface area contributed by atoms with Crippen molar-refractivity contribution in [1.29, 1.82) is 0 Å². The van der Waals surface area contributed by atoms with Crippen LogP contribution < -0.4 is 0 Å². The first-order valence-corrected chi connectivity index (χ1v) is 12.5. The Morgan fingerprint density at radius 3 is 2.55 bits per heavy atom. The van der Waals surface area contributed by atoms with Gasteiger partial charge in [-0.1, -0.05) is 33.8 Å². The molecule has 0 radical (unpaired) electrons. The standard InChI is InChI=1S/C25H31Cl2FO5/c1-5-21(32)33-25(20(31)12-26)13(2)8-15-16-10-18(28)17-9-14(29)6-7-22(17,3)24(16,27)19(30)11-23(15,25)4/h6-7,9,13,15-16,18-19,30H,5,8,10-12H2,1-4H3/t13-,15-,16-,18-,19-,22-,23-,24-,25?/m0/s1. The van der Waals surface area contributed by atoms with Crippen molar-refractivity contribution in [1.82, 2.24) is 0 Å². The Morgan fingerprint density at radius 1 is 1.27 bits per heavy atom. The summed E-state index contributed by atoms with van der Waals surface area (Å²) in [5, 5.41) is 11.6. The maximum Gasteiger partial charge on any atom is 0.306 e. The van der Waals surface area contributed by atoms with Gasteiger partial charge in [0.1, 0.15) is 6.17 Å². The molecule has 9 atom stereocenters. The molecule has 8 heteroatoms. The number of esters is 1. The molecule has 3 fully saturated rings. The first kappa shape index (κ1) is 24.9. The van der Waals surface area contributed by atoms with Crippen LogP contribution in [-0.2, 0) is 19.1 Å². The van der Waals surface area contributed by atoms with Crippen LogP contribution >= 0.6 is 23.2 Å². The number of halogens is 3. The van der Waals surface area contributed by atoms with E-state index in [9.17, 15) is 19.5 Å². The number of Topliss-reactive ketones (excluding diaryl/α,β-unsaturated/α-hetero) is 1. The Bertz CT molecular complexity index is 964. The van der Waals surface area contributed by atoms with Crippen LogP contribution in [0.15, 0.2) is 23.8 Å². The number of alkyl halides is 3. The van der Waals surface area contributed by atoms with Crippen molar-refractivity contribution in [2.24, 2.45) is 28.6 Å². The van der Waals surface area contributed by atoms with Gasteiger partial charge >= 0.3 is 5.97 Å². The molecule has 4 aliphatic carbocycles. The molecule has 33 heavy (non-hydrogen) atoms. The second-order valence-electron chi connectivity index (χ2n) is 10.6. The molecular formula is C25H31Cl2FO5. The highest BCUT2D eigenvalue weighted by Gasteiger charge is 2.77. The summed E-state index contributed by atoms with van der Waals surface area (Å²) in [4.78, 5) is 36.6. The molecule has 0 spiro atoms. The smallest absolute Gasteiger partial charge is 0.306 e. The lowest BCUT2D eigenvalue weighted by Crippen LogP contribution is -2.70. The van der Waals surface area contributed by atoms with Crippen molar-refractivity contribution >= 4 is 40.7 Å². The average molecular weight is 501 g/mol. The van der Waals surface area contributed by atoms with Crippen LogP contribution in [0.4, 0.5) is 4.39 Å². The van der Waals surface area contributed by atoms with E-state index in [0.717, 1.165) is 0 Å². The predicted octanol–water partition coefficient (Wildman–Crippen LogP) is 4.32. The number of hydrogen-bond acceptors (Lipinski definition) is 5. The van der Waals surface area contributed by atoms with Crippen LogP contribution in [0.1, 0.15) is 53.4 Å². The molecule has 0 saturated heterocycles. The van der Waals surface area contributed by atoms with E-state index in [2.05, 4.69) is 0 Å². The van der Waals surface area contributed by atoms with Gasteiger partial charge < -0.3 is 9.84 Å². The molecule has 0 bridgehead atoms. The first-order chi connectivity index (χ1) is 15.3. The van der Waals surface area contributed by atoms with Crippen LogP contribution in [-0.4, -0.2) is 51.3 Å². The number of ether oxygens (including phenoxy) is 1. The van der Waals surface area contributed by atoms with Crippen molar-refractivity contribution in [3.63, 3.8) is 0 Å². The summed E-state index contributed by atoms with van der Waals surface area (Å²) in [7, 11) is 0. The summed E-state index contributed by atoms with van der Waals surface area (Å²) in [6.07, 6.45) is 2.42. The largest absolute Gasteiger partial charge is 0.450 e. The van der Waals surface area contributed by atoms with Gasteiger partial charge in [0.2, 0.25) is 0 Å². The van der Waals surface area contributed by atoms with E-state index in [0.29, 0.717) is 6.42 Å². The zero-order valence-electron chi connectivity index (χ0n) is 19.4. The minimum atomic E-state index is -1.52. The molecular weight excluding hydrogens is 470 g/mol. The predicted molar refractivity (Wildman–Crippen MR) is 123 cm³/mol. The molecule has 0 aliphatic heterocycles. The number of ketones is 2. The van der Waals surface area contributed by atoms with Crippen molar-refractivity contribution < 1.29 is 28.6 Å². The van der Waals surface area contributed by atoms with Crippen molar-refractivity contribution in [3.05, 3.63) is 23.8 Å². The number of fused-ring (bicyclic) bond motifs is 5. The summed E-state index contributed by atoms with van der Waals surface area (Å²) < 4.78 is 21.5. The van der Waals surface area contributed by atoms with Crippen molar-refractivity contribution in [2.75, 3.05) is 5.88 Å². The summed E-state index contributed by atoms with van der Waals surface area (Å²) in [6, 6.07) is 0. The maximum absolute atomic E-state index is 15.6. The molecule has 4 aliphatic rings. The van der Waals surface area contributed by atoms with Gasteiger partial charge in [-0.25, -0.2) is 4.39 Å². The fourth-order valence-corrected chi connectivity index (χ4v) is 8.43. The van der Waals surface area contributed by atoms with Crippen LogP contribution in [0.25, 0.3) is 0 Å². The Hall–Kier alpha value is -1.24. The topological polar surface area (TPSA) is 80.7 Å². The summed E-state index contributed by atoms with van der Waals surface area (Å²) >= 11 is 13.4. The molecule has 4 rings (SSSR count). The quantitative estimate of drug-likeness (QED) is 0.459. The number of aliphatic hydroxyl groups is 1. The maximum atomic E-state index is 15.6. The number of aliphatic hydroxyl groups excluding tert-OH is 1. The SMILES string of the molecule is CCC(=O)OC1(C(=O)CCl)[C@@H](C)C[C@H]2[C@@H]3C[C@H](F)C4=CC(=O)C=C[C@]4(C)[C@@]3(Cl)[C@@H](O)C[C@@]21C. The Kier molecular flexibility index (Phi) is 5.95. The normalized spacial score (nSPS) is 48.4. The minimum absolute atomic E-state index is 0.0168. The third kappa shape index (κ3) is 2.96. The van der Waals surface area contributed by atoms with E-state index in [4.69, 9.17) is 27.9 Å². The zero-order valence-corrected chi connectivity index (χ0v) is 20.9. The highest BCUT2D eigenvalue weighted by atomic mass is 35.5. The fraction of sp³-hybridized carbons (Fsp3) is 0.720. The van der Waals surface area contributed by atoms with Crippen LogP contribution in [0.5, 0.6) is 0 Å². The second kappa shape index (κ2) is 7.89. The Labute approximate surface area is 203 Å². The molecule has 0 heterocycles. The lowest BCUT2D eigenvalue weighted by atomic mass is 9.45. The van der Waals surface area contributed by atoms with Gasteiger partial charge in [-0.2, -0.15) is 0 Å². The lowest BCUT2D eigenvalue weighted by molar-refractivity contribution is -0.201.